The lowest BCUT2D eigenvalue weighted by atomic mass is 9.96. The van der Waals surface area contributed by atoms with Crippen molar-refractivity contribution in [2.45, 2.75) is 6.04 Å². The Bertz CT molecular complexity index is 1450. The molecule has 3 aromatic rings. The van der Waals surface area contributed by atoms with E-state index < -0.39 is 16.7 Å². The molecule has 5 rings (SSSR count). The lowest BCUT2D eigenvalue weighted by Gasteiger charge is -2.37. The van der Waals surface area contributed by atoms with Crippen LogP contribution in [0.25, 0.3) is 6.08 Å². The van der Waals surface area contributed by atoms with E-state index in [1.54, 1.807) is 12.1 Å². The van der Waals surface area contributed by atoms with Crippen LogP contribution in [0.2, 0.25) is 5.02 Å². The third kappa shape index (κ3) is 5.83. The van der Waals surface area contributed by atoms with Crippen LogP contribution < -0.4 is 20.4 Å². The molecular weight excluding hydrogens is 538 g/mol. The number of nitro groups is 1. The van der Waals surface area contributed by atoms with Gasteiger partial charge in [0, 0.05) is 22.2 Å². The molecule has 0 radical (unpaired) electrons. The van der Waals surface area contributed by atoms with Gasteiger partial charge in [-0.15, -0.1) is 0 Å². The SMILES string of the molecule is O=C1NC(=S)NC(=O)C1=Cc1ccc(N2CC[NH+]([C@H](c3ccccc3)c3ccc(Cl)cc3)CC2)c([N+](=O)[O-])c1. The molecule has 2 heterocycles. The molecule has 2 saturated heterocycles. The van der Waals surface area contributed by atoms with Gasteiger partial charge in [0.05, 0.1) is 31.1 Å². The van der Waals surface area contributed by atoms with Crippen molar-refractivity contribution < 1.29 is 19.4 Å². The number of anilines is 1. The van der Waals surface area contributed by atoms with Crippen molar-refractivity contribution >= 4 is 58.2 Å². The molecule has 2 aliphatic heterocycles. The number of hydrogen-bond donors (Lipinski definition) is 3. The highest BCUT2D eigenvalue weighted by molar-refractivity contribution is 7.80. The molecule has 3 aromatic carbocycles. The summed E-state index contributed by atoms with van der Waals surface area (Å²) in [6.45, 7) is 2.78. The van der Waals surface area contributed by atoms with Crippen molar-refractivity contribution in [1.29, 1.82) is 0 Å². The molecule has 9 nitrogen and oxygen atoms in total. The molecule has 11 heteroatoms. The Morgan fingerprint density at radius 3 is 2.18 bits per heavy atom. The zero-order valence-electron chi connectivity index (χ0n) is 20.7. The fourth-order valence-corrected chi connectivity index (χ4v) is 5.42. The average Bonchev–Trinajstić information content (AvgIpc) is 2.93. The number of carbonyl (C=O) groups is 2. The van der Waals surface area contributed by atoms with Crippen molar-refractivity contribution in [3.8, 4) is 0 Å². The molecule has 2 fully saturated rings. The number of amides is 2. The number of halogens is 1. The highest BCUT2D eigenvalue weighted by Gasteiger charge is 2.32. The van der Waals surface area contributed by atoms with Crippen LogP contribution in [0.3, 0.4) is 0 Å². The fraction of sp³-hybridized carbons (Fsp3) is 0.179. The lowest BCUT2D eigenvalue weighted by molar-refractivity contribution is -0.926. The Balaban J connectivity index is 1.37. The predicted octanol–water partition coefficient (Wildman–Crippen LogP) is 2.66. The Kier molecular flexibility index (Phi) is 7.69. The summed E-state index contributed by atoms with van der Waals surface area (Å²) in [6.07, 6.45) is 1.32. The number of nitro benzene ring substituents is 1. The number of rotatable bonds is 6. The topological polar surface area (TPSA) is 109 Å². The molecular formula is C28H25ClN5O4S+. The minimum Gasteiger partial charge on any atom is -0.355 e. The second-order valence-electron chi connectivity index (χ2n) is 9.34. The van der Waals surface area contributed by atoms with Crippen LogP contribution in [0.1, 0.15) is 22.7 Å². The molecule has 0 bridgehead atoms. The molecule has 3 N–H and O–H groups in total. The highest BCUT2D eigenvalue weighted by Crippen LogP contribution is 2.31. The first-order valence-electron chi connectivity index (χ1n) is 12.4. The number of nitrogens with zero attached hydrogens (tertiary/aromatic N) is 2. The van der Waals surface area contributed by atoms with Gasteiger partial charge in [0.2, 0.25) is 0 Å². The van der Waals surface area contributed by atoms with E-state index in [1.807, 2.05) is 35.2 Å². The van der Waals surface area contributed by atoms with Crippen LogP contribution in [-0.4, -0.2) is 48.0 Å². The minimum atomic E-state index is -0.650. The summed E-state index contributed by atoms with van der Waals surface area (Å²) >= 11 is 11.0. The normalized spacial score (nSPS) is 16.9. The third-order valence-corrected chi connectivity index (χ3v) is 7.40. The summed E-state index contributed by atoms with van der Waals surface area (Å²) in [7, 11) is 0. The van der Waals surface area contributed by atoms with Gasteiger partial charge in [-0.3, -0.25) is 30.3 Å². The van der Waals surface area contributed by atoms with Gasteiger partial charge in [0.25, 0.3) is 17.5 Å². The van der Waals surface area contributed by atoms with Gasteiger partial charge in [0.1, 0.15) is 17.3 Å². The Morgan fingerprint density at radius 2 is 1.56 bits per heavy atom. The second kappa shape index (κ2) is 11.3. The monoisotopic (exact) mass is 562 g/mol. The largest absolute Gasteiger partial charge is 0.355 e. The van der Waals surface area contributed by atoms with E-state index in [1.165, 1.54) is 22.6 Å². The Morgan fingerprint density at radius 1 is 0.949 bits per heavy atom. The van der Waals surface area contributed by atoms with Gasteiger partial charge in [-0.2, -0.15) is 0 Å². The van der Waals surface area contributed by atoms with Crippen LogP contribution >= 0.6 is 23.8 Å². The standard InChI is InChI=1S/C28H24ClN5O4S/c29-21-9-7-20(8-10-21)25(19-4-2-1-3-5-19)33-14-12-32(13-15-33)23-11-6-18(17-24(23)34(37)38)16-22-26(35)30-28(39)31-27(22)36/h1-11,16-17,25H,12-15H2,(H2,30,31,35,36,39)/p+1/t25-/m1/s1. The van der Waals surface area contributed by atoms with Gasteiger partial charge < -0.3 is 9.80 Å². The molecule has 0 aromatic heterocycles. The minimum absolute atomic E-state index is 0.0738. The third-order valence-electron chi connectivity index (χ3n) is 6.94. The fourth-order valence-electron chi connectivity index (χ4n) is 5.10. The molecule has 2 aliphatic rings. The zero-order valence-corrected chi connectivity index (χ0v) is 22.3. The van der Waals surface area contributed by atoms with Crippen LogP contribution in [0.15, 0.2) is 78.4 Å². The van der Waals surface area contributed by atoms with Crippen LogP contribution in [-0.2, 0) is 9.59 Å². The van der Waals surface area contributed by atoms with E-state index in [0.717, 1.165) is 18.7 Å². The van der Waals surface area contributed by atoms with Crippen LogP contribution in [0.5, 0.6) is 0 Å². The van der Waals surface area contributed by atoms with Gasteiger partial charge in [-0.25, -0.2) is 0 Å². The predicted molar refractivity (Wildman–Crippen MR) is 153 cm³/mol. The van der Waals surface area contributed by atoms with Gasteiger partial charge >= 0.3 is 0 Å². The Hall–Kier alpha value is -4.12. The molecule has 39 heavy (non-hydrogen) atoms. The van der Waals surface area contributed by atoms with E-state index in [-0.39, 0.29) is 22.4 Å². The van der Waals surface area contributed by atoms with E-state index in [2.05, 4.69) is 34.9 Å². The molecule has 0 saturated carbocycles. The average molecular weight is 563 g/mol. The van der Waals surface area contributed by atoms with Crippen LogP contribution in [0.4, 0.5) is 11.4 Å². The van der Waals surface area contributed by atoms with E-state index >= 15 is 0 Å². The summed E-state index contributed by atoms with van der Waals surface area (Å²) in [5.41, 5.74) is 2.98. The number of hydrogen-bond acceptors (Lipinski definition) is 6. The van der Waals surface area contributed by atoms with E-state index in [9.17, 15) is 19.7 Å². The number of carbonyl (C=O) groups excluding carboxylic acids is 2. The first-order chi connectivity index (χ1) is 18.8. The molecule has 0 unspecified atom stereocenters. The number of benzene rings is 3. The van der Waals surface area contributed by atoms with Gasteiger partial charge in [-0.1, -0.05) is 60.1 Å². The smallest absolute Gasteiger partial charge is 0.293 e. The number of quaternary nitrogens is 1. The first kappa shape index (κ1) is 26.5. The zero-order chi connectivity index (χ0) is 27.5. The van der Waals surface area contributed by atoms with Crippen LogP contribution in [0, 0.1) is 10.1 Å². The van der Waals surface area contributed by atoms with Crippen molar-refractivity contribution in [2.24, 2.45) is 0 Å². The number of nitrogens with one attached hydrogen (secondary N) is 3. The summed E-state index contributed by atoms with van der Waals surface area (Å²) in [4.78, 5) is 39.3. The lowest BCUT2D eigenvalue weighted by Crippen LogP contribution is -3.15. The first-order valence-corrected chi connectivity index (χ1v) is 13.2. The summed E-state index contributed by atoms with van der Waals surface area (Å²) in [6, 6.07) is 23.0. The molecule has 0 aliphatic carbocycles. The maximum atomic E-state index is 12.2. The van der Waals surface area contributed by atoms with E-state index in [0.29, 0.717) is 29.4 Å². The maximum Gasteiger partial charge on any atom is 0.293 e. The Labute approximate surface area is 235 Å². The van der Waals surface area contributed by atoms with Crippen molar-refractivity contribution in [3.05, 3.63) is 110 Å². The van der Waals surface area contributed by atoms with Crippen molar-refractivity contribution in [2.75, 3.05) is 31.1 Å². The quantitative estimate of drug-likeness (QED) is 0.140. The maximum absolute atomic E-state index is 12.2. The number of piperazine rings is 1. The van der Waals surface area contributed by atoms with Crippen molar-refractivity contribution in [1.82, 2.24) is 10.6 Å². The number of thiocarbonyl (C=S) groups is 1. The summed E-state index contributed by atoms with van der Waals surface area (Å²) < 4.78 is 0. The van der Waals surface area contributed by atoms with Crippen molar-refractivity contribution in [3.63, 3.8) is 0 Å². The van der Waals surface area contributed by atoms with Gasteiger partial charge in [0.15, 0.2) is 5.11 Å². The van der Waals surface area contributed by atoms with Gasteiger partial charge in [-0.05, 0) is 42.1 Å². The van der Waals surface area contributed by atoms with E-state index in [4.69, 9.17) is 23.8 Å². The summed E-state index contributed by atoms with van der Waals surface area (Å²) in [5, 5.41) is 17.4. The molecule has 1 atom stereocenters. The molecule has 2 amide bonds. The highest BCUT2D eigenvalue weighted by atomic mass is 35.5. The molecule has 0 spiro atoms. The second-order valence-corrected chi connectivity index (χ2v) is 10.2. The molecule has 198 valence electrons. The summed E-state index contributed by atoms with van der Waals surface area (Å²) in [5.74, 6) is -1.30.